The first-order valence-electron chi connectivity index (χ1n) is 6.22. The van der Waals surface area contributed by atoms with Crippen LogP contribution in [0.5, 0.6) is 11.5 Å². The van der Waals surface area contributed by atoms with Crippen molar-refractivity contribution in [3.8, 4) is 11.5 Å². The van der Waals surface area contributed by atoms with Gasteiger partial charge in [-0.3, -0.25) is 0 Å². The number of phenols is 1. The SMILES string of the molecule is CC1(C)Oc2c(O)cccc2[C@@H]2OCCC[C@H]21. The molecule has 3 rings (SSSR count). The summed E-state index contributed by atoms with van der Waals surface area (Å²) in [5, 5.41) is 9.90. The zero-order valence-corrected chi connectivity index (χ0v) is 10.3. The van der Waals surface area contributed by atoms with Crippen molar-refractivity contribution < 1.29 is 14.6 Å². The molecule has 2 aliphatic heterocycles. The van der Waals surface area contributed by atoms with Crippen LogP contribution in [0.4, 0.5) is 0 Å². The van der Waals surface area contributed by atoms with Crippen LogP contribution in [0.2, 0.25) is 0 Å². The van der Waals surface area contributed by atoms with Crippen LogP contribution in [0, 0.1) is 5.92 Å². The number of benzene rings is 1. The maximum atomic E-state index is 9.90. The van der Waals surface area contributed by atoms with Crippen molar-refractivity contribution in [3.05, 3.63) is 23.8 Å². The van der Waals surface area contributed by atoms with E-state index in [1.165, 1.54) is 0 Å². The summed E-state index contributed by atoms with van der Waals surface area (Å²) < 4.78 is 11.9. The van der Waals surface area contributed by atoms with Crippen LogP contribution in [0.1, 0.15) is 38.4 Å². The quantitative estimate of drug-likeness (QED) is 0.750. The molecule has 0 saturated carbocycles. The van der Waals surface area contributed by atoms with Gasteiger partial charge >= 0.3 is 0 Å². The molecule has 2 heterocycles. The lowest BCUT2D eigenvalue weighted by Crippen LogP contribution is -2.47. The van der Waals surface area contributed by atoms with E-state index >= 15 is 0 Å². The third kappa shape index (κ3) is 1.61. The number of hydrogen-bond donors (Lipinski definition) is 1. The first kappa shape index (κ1) is 10.9. The molecule has 1 N–H and O–H groups in total. The molecule has 0 bridgehead atoms. The van der Waals surface area contributed by atoms with Crippen molar-refractivity contribution in [2.75, 3.05) is 6.61 Å². The fourth-order valence-electron chi connectivity index (χ4n) is 3.02. The Morgan fingerprint density at radius 2 is 2.18 bits per heavy atom. The molecular weight excluding hydrogens is 216 g/mol. The second-order valence-electron chi connectivity index (χ2n) is 5.44. The summed E-state index contributed by atoms with van der Waals surface area (Å²) in [6.45, 7) is 4.95. The average Bonchev–Trinajstić information content (AvgIpc) is 2.31. The number of para-hydroxylation sites is 1. The summed E-state index contributed by atoms with van der Waals surface area (Å²) in [5.74, 6) is 1.18. The van der Waals surface area contributed by atoms with Gasteiger partial charge in [-0.05, 0) is 32.8 Å². The lowest BCUT2D eigenvalue weighted by molar-refractivity contribution is -0.117. The highest BCUT2D eigenvalue weighted by Crippen LogP contribution is 2.51. The van der Waals surface area contributed by atoms with Gasteiger partial charge in [-0.15, -0.1) is 0 Å². The van der Waals surface area contributed by atoms with E-state index in [9.17, 15) is 5.11 Å². The topological polar surface area (TPSA) is 38.7 Å². The molecular formula is C14H18O3. The molecule has 0 radical (unpaired) electrons. The summed E-state index contributed by atoms with van der Waals surface area (Å²) in [6.07, 6.45) is 2.27. The van der Waals surface area contributed by atoms with Crippen molar-refractivity contribution in [3.63, 3.8) is 0 Å². The fourth-order valence-corrected chi connectivity index (χ4v) is 3.02. The minimum atomic E-state index is -0.281. The zero-order chi connectivity index (χ0) is 12.0. The zero-order valence-electron chi connectivity index (χ0n) is 10.3. The van der Waals surface area contributed by atoms with Gasteiger partial charge in [0, 0.05) is 18.1 Å². The summed E-state index contributed by atoms with van der Waals surface area (Å²) in [7, 11) is 0. The first-order chi connectivity index (χ1) is 8.09. The molecule has 0 aliphatic carbocycles. The van der Waals surface area contributed by atoms with Gasteiger partial charge in [0.2, 0.25) is 0 Å². The Hall–Kier alpha value is -1.22. The molecule has 3 nitrogen and oxygen atoms in total. The molecule has 2 aliphatic rings. The van der Waals surface area contributed by atoms with E-state index < -0.39 is 0 Å². The smallest absolute Gasteiger partial charge is 0.167 e. The van der Waals surface area contributed by atoms with Crippen LogP contribution in [0.15, 0.2) is 18.2 Å². The van der Waals surface area contributed by atoms with Gasteiger partial charge < -0.3 is 14.6 Å². The van der Waals surface area contributed by atoms with Crippen LogP contribution in [-0.2, 0) is 4.74 Å². The van der Waals surface area contributed by atoms with E-state index in [-0.39, 0.29) is 17.5 Å². The lowest BCUT2D eigenvalue weighted by Gasteiger charge is -2.46. The van der Waals surface area contributed by atoms with E-state index in [0.717, 1.165) is 25.0 Å². The Labute approximate surface area is 101 Å². The second kappa shape index (κ2) is 3.64. The average molecular weight is 234 g/mol. The number of rotatable bonds is 0. The van der Waals surface area contributed by atoms with Gasteiger partial charge in [-0.1, -0.05) is 12.1 Å². The van der Waals surface area contributed by atoms with Gasteiger partial charge in [0.15, 0.2) is 11.5 Å². The highest BCUT2D eigenvalue weighted by molar-refractivity contribution is 5.49. The van der Waals surface area contributed by atoms with E-state index in [4.69, 9.17) is 9.47 Å². The number of hydrogen-bond acceptors (Lipinski definition) is 3. The third-order valence-electron chi connectivity index (χ3n) is 3.91. The molecule has 92 valence electrons. The van der Waals surface area contributed by atoms with Gasteiger partial charge in [0.05, 0.1) is 6.10 Å². The predicted molar refractivity (Wildman–Crippen MR) is 64.2 cm³/mol. The minimum absolute atomic E-state index is 0.0644. The predicted octanol–water partition coefficient (Wildman–Crippen LogP) is 3.03. The van der Waals surface area contributed by atoms with E-state index in [0.29, 0.717) is 11.7 Å². The molecule has 2 atom stereocenters. The molecule has 1 aromatic rings. The van der Waals surface area contributed by atoms with Gasteiger partial charge in [0.1, 0.15) is 5.60 Å². The first-order valence-corrected chi connectivity index (χ1v) is 6.22. The minimum Gasteiger partial charge on any atom is -0.504 e. The molecule has 0 spiro atoms. The van der Waals surface area contributed by atoms with Crippen molar-refractivity contribution in [1.82, 2.24) is 0 Å². The maximum Gasteiger partial charge on any atom is 0.167 e. The Morgan fingerprint density at radius 3 is 3.00 bits per heavy atom. The maximum absolute atomic E-state index is 9.90. The monoisotopic (exact) mass is 234 g/mol. The van der Waals surface area contributed by atoms with E-state index in [1.807, 2.05) is 12.1 Å². The number of ether oxygens (including phenoxy) is 2. The van der Waals surface area contributed by atoms with Crippen molar-refractivity contribution in [1.29, 1.82) is 0 Å². The largest absolute Gasteiger partial charge is 0.504 e. The van der Waals surface area contributed by atoms with E-state index in [1.54, 1.807) is 6.07 Å². The highest BCUT2D eigenvalue weighted by atomic mass is 16.5. The number of fused-ring (bicyclic) bond motifs is 3. The standard InChI is InChI=1S/C14H18O3/c1-14(2)10-6-4-8-16-12(10)9-5-3-7-11(15)13(9)17-14/h3,5,7,10,12,15H,4,6,8H2,1-2H3/t10-,12+/m1/s1. The third-order valence-corrected chi connectivity index (χ3v) is 3.91. The molecule has 3 heteroatoms. The highest BCUT2D eigenvalue weighted by Gasteiger charge is 2.46. The Balaban J connectivity index is 2.11. The normalized spacial score (nSPS) is 30.0. The van der Waals surface area contributed by atoms with Gasteiger partial charge in [-0.2, -0.15) is 0 Å². The number of phenolic OH excluding ortho intramolecular Hbond substituents is 1. The van der Waals surface area contributed by atoms with Crippen LogP contribution < -0.4 is 4.74 Å². The molecule has 1 saturated heterocycles. The fraction of sp³-hybridized carbons (Fsp3) is 0.571. The molecule has 1 fully saturated rings. The van der Waals surface area contributed by atoms with Crippen LogP contribution >= 0.6 is 0 Å². The van der Waals surface area contributed by atoms with Crippen LogP contribution in [0.3, 0.4) is 0 Å². The Bertz CT molecular complexity index is 439. The van der Waals surface area contributed by atoms with Crippen molar-refractivity contribution in [2.24, 2.45) is 5.92 Å². The molecule has 0 aromatic heterocycles. The second-order valence-corrected chi connectivity index (χ2v) is 5.44. The van der Waals surface area contributed by atoms with Crippen LogP contribution in [-0.4, -0.2) is 17.3 Å². The van der Waals surface area contributed by atoms with Crippen molar-refractivity contribution in [2.45, 2.75) is 38.4 Å². The molecule has 0 amide bonds. The molecule has 1 aromatic carbocycles. The van der Waals surface area contributed by atoms with E-state index in [2.05, 4.69) is 13.8 Å². The van der Waals surface area contributed by atoms with Crippen molar-refractivity contribution >= 4 is 0 Å². The molecule has 17 heavy (non-hydrogen) atoms. The van der Waals surface area contributed by atoms with Crippen LogP contribution in [0.25, 0.3) is 0 Å². The lowest BCUT2D eigenvalue weighted by atomic mass is 9.76. The number of aromatic hydroxyl groups is 1. The summed E-state index contributed by atoms with van der Waals surface area (Å²) >= 11 is 0. The Kier molecular flexibility index (Phi) is 2.33. The Morgan fingerprint density at radius 1 is 1.35 bits per heavy atom. The van der Waals surface area contributed by atoms with Gasteiger partial charge in [0.25, 0.3) is 0 Å². The summed E-state index contributed by atoms with van der Waals surface area (Å²) in [6, 6.07) is 5.51. The summed E-state index contributed by atoms with van der Waals surface area (Å²) in [5.41, 5.74) is 0.714. The molecule has 0 unspecified atom stereocenters. The van der Waals surface area contributed by atoms with Gasteiger partial charge in [-0.25, -0.2) is 0 Å². The summed E-state index contributed by atoms with van der Waals surface area (Å²) in [4.78, 5) is 0.